The minimum atomic E-state index is -0.405. The van der Waals surface area contributed by atoms with Crippen molar-refractivity contribution in [2.45, 2.75) is 39.9 Å². The molecular weight excluding hydrogens is 284 g/mol. The van der Waals surface area contributed by atoms with E-state index in [9.17, 15) is 4.79 Å². The van der Waals surface area contributed by atoms with E-state index in [4.69, 9.17) is 5.11 Å². The summed E-state index contributed by atoms with van der Waals surface area (Å²) in [5.41, 5.74) is 0.692. The largest absolute Gasteiger partial charge is 0.396 e. The summed E-state index contributed by atoms with van der Waals surface area (Å²) >= 11 is 1.66. The van der Waals surface area contributed by atoms with Gasteiger partial charge in [0.1, 0.15) is 5.82 Å². The number of aliphatic hydroxyl groups excluding tert-OH is 1. The van der Waals surface area contributed by atoms with E-state index in [1.807, 2.05) is 26.0 Å². The van der Waals surface area contributed by atoms with Gasteiger partial charge in [-0.05, 0) is 30.0 Å². The Balaban J connectivity index is 2.65. The van der Waals surface area contributed by atoms with E-state index >= 15 is 0 Å². The number of nitrogens with zero attached hydrogens (tertiary/aromatic N) is 1. The number of anilines is 1. The maximum atomic E-state index is 12.4. The number of hydrogen-bond donors (Lipinski definition) is 2. The highest BCUT2D eigenvalue weighted by molar-refractivity contribution is 7.98. The van der Waals surface area contributed by atoms with Crippen LogP contribution in [-0.2, 0) is 10.5 Å². The average molecular weight is 310 g/mol. The highest BCUT2D eigenvalue weighted by atomic mass is 32.2. The number of amides is 1. The number of aliphatic hydroxyl groups is 1. The van der Waals surface area contributed by atoms with Gasteiger partial charge in [-0.3, -0.25) is 4.79 Å². The van der Waals surface area contributed by atoms with Gasteiger partial charge >= 0.3 is 0 Å². The fourth-order valence-corrected chi connectivity index (χ4v) is 2.97. The molecule has 1 aromatic rings. The lowest BCUT2D eigenvalue weighted by atomic mass is 9.83. The molecule has 0 fully saturated rings. The Morgan fingerprint density at radius 3 is 2.81 bits per heavy atom. The smallest absolute Gasteiger partial charge is 0.231 e. The Morgan fingerprint density at radius 2 is 2.19 bits per heavy atom. The van der Waals surface area contributed by atoms with Gasteiger partial charge < -0.3 is 10.4 Å². The fraction of sp³-hybridized carbons (Fsp3) is 0.625. The van der Waals surface area contributed by atoms with Crippen molar-refractivity contribution < 1.29 is 9.90 Å². The average Bonchev–Trinajstić information content (AvgIpc) is 2.38. The van der Waals surface area contributed by atoms with Crippen molar-refractivity contribution in [3.63, 3.8) is 0 Å². The molecule has 0 radical (unpaired) electrons. The van der Waals surface area contributed by atoms with E-state index in [1.165, 1.54) is 0 Å². The molecule has 0 aliphatic carbocycles. The molecule has 0 bridgehead atoms. The molecule has 5 heteroatoms. The molecule has 1 rings (SSSR count). The fourth-order valence-electron chi connectivity index (χ4n) is 2.29. The molecule has 21 heavy (non-hydrogen) atoms. The van der Waals surface area contributed by atoms with Gasteiger partial charge in [0, 0.05) is 23.1 Å². The molecule has 1 aromatic heterocycles. The van der Waals surface area contributed by atoms with Gasteiger partial charge in [0.05, 0.1) is 6.61 Å². The van der Waals surface area contributed by atoms with Gasteiger partial charge in [-0.1, -0.05) is 27.7 Å². The molecule has 0 atom stereocenters. The first-order chi connectivity index (χ1) is 9.85. The van der Waals surface area contributed by atoms with Crippen molar-refractivity contribution in [2.75, 3.05) is 17.7 Å². The Bertz CT molecular complexity index is 461. The van der Waals surface area contributed by atoms with Crippen LogP contribution in [0.15, 0.2) is 18.3 Å². The molecule has 0 unspecified atom stereocenters. The molecular formula is C16H26N2O2S. The van der Waals surface area contributed by atoms with Crippen molar-refractivity contribution in [3.05, 3.63) is 23.9 Å². The molecule has 0 aromatic carbocycles. The van der Waals surface area contributed by atoms with Crippen molar-refractivity contribution in [3.8, 4) is 0 Å². The van der Waals surface area contributed by atoms with E-state index in [0.29, 0.717) is 17.5 Å². The standard InChI is InChI=1S/C16H26N2O2S/c1-12(2)10-16(3,4)15(20)18-14-9-13(5-6-17-14)11-21-8-7-19/h5-6,9,12,19H,7-8,10-11H2,1-4H3,(H,17,18,20). The lowest BCUT2D eigenvalue weighted by Crippen LogP contribution is -2.32. The molecule has 0 saturated carbocycles. The van der Waals surface area contributed by atoms with Gasteiger partial charge in [-0.25, -0.2) is 4.98 Å². The third kappa shape index (κ3) is 6.48. The molecule has 0 spiro atoms. The highest BCUT2D eigenvalue weighted by Crippen LogP contribution is 2.27. The van der Waals surface area contributed by atoms with E-state index in [1.54, 1.807) is 18.0 Å². The van der Waals surface area contributed by atoms with Crippen molar-refractivity contribution in [1.82, 2.24) is 4.98 Å². The number of pyridine rings is 1. The van der Waals surface area contributed by atoms with Gasteiger partial charge in [0.25, 0.3) is 0 Å². The number of rotatable bonds is 8. The number of nitrogens with one attached hydrogen (secondary N) is 1. The summed E-state index contributed by atoms with van der Waals surface area (Å²) in [4.78, 5) is 16.6. The van der Waals surface area contributed by atoms with Crippen molar-refractivity contribution in [1.29, 1.82) is 0 Å². The SMILES string of the molecule is CC(C)CC(C)(C)C(=O)Nc1cc(CSCCO)ccn1. The number of thioether (sulfide) groups is 1. The van der Waals surface area contributed by atoms with Crippen molar-refractivity contribution >= 4 is 23.5 Å². The summed E-state index contributed by atoms with van der Waals surface area (Å²) in [5.74, 6) is 2.59. The maximum Gasteiger partial charge on any atom is 0.231 e. The van der Waals surface area contributed by atoms with Gasteiger partial charge in [-0.2, -0.15) is 11.8 Å². The quantitative estimate of drug-likeness (QED) is 0.723. The number of carbonyl (C=O) groups is 1. The Morgan fingerprint density at radius 1 is 1.48 bits per heavy atom. The first-order valence-corrected chi connectivity index (χ1v) is 8.45. The van der Waals surface area contributed by atoms with Crippen LogP contribution >= 0.6 is 11.8 Å². The van der Waals surface area contributed by atoms with Crippen LogP contribution in [0.1, 0.15) is 39.7 Å². The first-order valence-electron chi connectivity index (χ1n) is 7.30. The van der Waals surface area contributed by atoms with Crippen LogP contribution in [0, 0.1) is 11.3 Å². The summed E-state index contributed by atoms with van der Waals surface area (Å²) in [6.07, 6.45) is 2.55. The Labute approximate surface area is 131 Å². The van der Waals surface area contributed by atoms with Crippen LogP contribution in [0.25, 0.3) is 0 Å². The second-order valence-electron chi connectivity index (χ2n) is 6.26. The summed E-state index contributed by atoms with van der Waals surface area (Å²) in [7, 11) is 0. The van der Waals surface area contributed by atoms with Crippen LogP contribution in [0.5, 0.6) is 0 Å². The van der Waals surface area contributed by atoms with Gasteiger partial charge in [-0.15, -0.1) is 0 Å². The number of hydrogen-bond acceptors (Lipinski definition) is 4. The Kier molecular flexibility index (Phi) is 7.18. The monoisotopic (exact) mass is 310 g/mol. The minimum absolute atomic E-state index is 0.00358. The van der Waals surface area contributed by atoms with E-state index in [2.05, 4.69) is 24.1 Å². The molecule has 2 N–H and O–H groups in total. The van der Waals surface area contributed by atoms with Crippen LogP contribution < -0.4 is 5.32 Å². The molecule has 118 valence electrons. The van der Waals surface area contributed by atoms with E-state index < -0.39 is 5.41 Å². The normalized spacial score (nSPS) is 11.7. The van der Waals surface area contributed by atoms with Crippen LogP contribution in [0.3, 0.4) is 0 Å². The zero-order valence-electron chi connectivity index (χ0n) is 13.3. The van der Waals surface area contributed by atoms with Crippen molar-refractivity contribution in [2.24, 2.45) is 11.3 Å². The van der Waals surface area contributed by atoms with Crippen LogP contribution in [0.2, 0.25) is 0 Å². The van der Waals surface area contributed by atoms with Crippen LogP contribution in [0.4, 0.5) is 5.82 Å². The molecule has 0 aliphatic heterocycles. The lowest BCUT2D eigenvalue weighted by molar-refractivity contribution is -0.124. The maximum absolute atomic E-state index is 12.4. The molecule has 1 amide bonds. The van der Waals surface area contributed by atoms with Gasteiger partial charge in [0.2, 0.25) is 5.91 Å². The second kappa shape index (κ2) is 8.39. The lowest BCUT2D eigenvalue weighted by Gasteiger charge is -2.25. The predicted molar refractivity (Wildman–Crippen MR) is 89.4 cm³/mol. The van der Waals surface area contributed by atoms with Gasteiger partial charge in [0.15, 0.2) is 0 Å². The molecule has 0 saturated heterocycles. The third-order valence-electron chi connectivity index (χ3n) is 3.10. The zero-order chi connectivity index (χ0) is 15.9. The summed E-state index contributed by atoms with van der Waals surface area (Å²) in [6, 6.07) is 3.83. The Hall–Kier alpha value is -1.07. The molecule has 1 heterocycles. The topological polar surface area (TPSA) is 62.2 Å². The summed E-state index contributed by atoms with van der Waals surface area (Å²) in [5, 5.41) is 11.7. The second-order valence-corrected chi connectivity index (χ2v) is 7.37. The zero-order valence-corrected chi connectivity index (χ0v) is 14.2. The predicted octanol–water partition coefficient (Wildman–Crippen LogP) is 3.32. The third-order valence-corrected chi connectivity index (χ3v) is 4.11. The first kappa shape index (κ1) is 18.0. The summed E-state index contributed by atoms with van der Waals surface area (Å²) in [6.45, 7) is 8.34. The molecule has 4 nitrogen and oxygen atoms in total. The highest BCUT2D eigenvalue weighted by Gasteiger charge is 2.28. The number of aromatic nitrogens is 1. The van der Waals surface area contributed by atoms with E-state index in [-0.39, 0.29) is 12.5 Å². The molecule has 0 aliphatic rings. The summed E-state index contributed by atoms with van der Waals surface area (Å²) < 4.78 is 0. The number of carbonyl (C=O) groups excluding carboxylic acids is 1. The minimum Gasteiger partial charge on any atom is -0.396 e. The van der Waals surface area contributed by atoms with Crippen LogP contribution in [-0.4, -0.2) is 28.4 Å². The van der Waals surface area contributed by atoms with E-state index in [0.717, 1.165) is 17.7 Å².